The first-order valence-corrected chi connectivity index (χ1v) is 6.64. The molecule has 21 heavy (non-hydrogen) atoms. The second kappa shape index (κ2) is 8.33. The molecule has 2 atom stereocenters. The monoisotopic (exact) mass is 296 g/mol. The van der Waals surface area contributed by atoms with Crippen molar-refractivity contribution in [3.63, 3.8) is 0 Å². The Balaban J connectivity index is 0.000000222. The molecule has 0 radical (unpaired) electrons. The third kappa shape index (κ3) is 5.88. The first-order valence-electron chi connectivity index (χ1n) is 6.64. The van der Waals surface area contributed by atoms with E-state index in [1.165, 1.54) is 24.9 Å². The molecule has 1 unspecified atom stereocenters. The maximum atomic E-state index is 9.72. The summed E-state index contributed by atoms with van der Waals surface area (Å²) in [5.41, 5.74) is 1.36. The predicted molar refractivity (Wildman–Crippen MR) is 74.7 cm³/mol. The van der Waals surface area contributed by atoms with Gasteiger partial charge in [-0.15, -0.1) is 0 Å². The Bertz CT molecular complexity index is 466. The van der Waals surface area contributed by atoms with Gasteiger partial charge in [0.15, 0.2) is 6.10 Å². The summed E-state index contributed by atoms with van der Waals surface area (Å²) in [5, 5.41) is 24.1. The topological polar surface area (TPSA) is 111 Å². The van der Waals surface area contributed by atoms with Crippen molar-refractivity contribution in [2.45, 2.75) is 31.4 Å². The highest BCUT2D eigenvalue weighted by molar-refractivity contribution is 5.79. The van der Waals surface area contributed by atoms with Gasteiger partial charge in [-0.25, -0.2) is 4.79 Å². The number of hydrogen-bond donors (Lipinski definition) is 3. The summed E-state index contributed by atoms with van der Waals surface area (Å²) in [6, 6.07) is 4.79. The zero-order valence-corrected chi connectivity index (χ0v) is 11.8. The van der Waals surface area contributed by atoms with Crippen LogP contribution in [0.5, 0.6) is 0 Å². The fourth-order valence-electron chi connectivity index (χ4n) is 2.16. The minimum absolute atomic E-state index is 0.610. The number of aliphatic hydroxyl groups excluding tert-OH is 1. The van der Waals surface area contributed by atoms with Crippen LogP contribution in [-0.4, -0.2) is 56.8 Å². The molecule has 1 aliphatic heterocycles. The van der Waals surface area contributed by atoms with Crippen LogP contribution in [0.1, 0.15) is 30.9 Å². The minimum Gasteiger partial charge on any atom is -0.481 e. The molecule has 0 bridgehead atoms. The normalized spacial score (nSPS) is 19.4. The molecule has 1 aliphatic rings. The van der Waals surface area contributed by atoms with Crippen molar-refractivity contribution in [3.05, 3.63) is 30.1 Å². The van der Waals surface area contributed by atoms with Gasteiger partial charge in [0.2, 0.25) is 0 Å². The van der Waals surface area contributed by atoms with E-state index >= 15 is 0 Å². The molecule has 0 aliphatic carbocycles. The molecule has 1 saturated heterocycles. The van der Waals surface area contributed by atoms with Gasteiger partial charge in [-0.1, -0.05) is 6.07 Å². The quantitative estimate of drug-likeness (QED) is 0.752. The van der Waals surface area contributed by atoms with Crippen LogP contribution >= 0.6 is 0 Å². The Morgan fingerprint density at radius 2 is 2.19 bits per heavy atom. The molecule has 1 fully saturated rings. The first kappa shape index (κ1) is 17.1. The summed E-state index contributed by atoms with van der Waals surface area (Å²) < 4.78 is 0. The van der Waals surface area contributed by atoms with Gasteiger partial charge >= 0.3 is 11.9 Å². The van der Waals surface area contributed by atoms with Gasteiger partial charge in [0.05, 0.1) is 6.42 Å². The first-order chi connectivity index (χ1) is 9.91. The molecular formula is C14H20N2O5. The number of nitrogens with zero attached hydrogens (tertiary/aromatic N) is 2. The number of pyridine rings is 1. The van der Waals surface area contributed by atoms with Crippen molar-refractivity contribution in [1.82, 2.24) is 9.88 Å². The van der Waals surface area contributed by atoms with E-state index in [1.807, 2.05) is 18.5 Å². The average molecular weight is 296 g/mol. The lowest BCUT2D eigenvalue weighted by atomic mass is 10.1. The number of aliphatic hydroxyl groups is 1. The molecule has 0 amide bonds. The third-order valence-corrected chi connectivity index (χ3v) is 3.24. The fourth-order valence-corrected chi connectivity index (χ4v) is 2.16. The summed E-state index contributed by atoms with van der Waals surface area (Å²) >= 11 is 0. The lowest BCUT2D eigenvalue weighted by molar-refractivity contribution is -0.152. The number of rotatable bonds is 4. The molecule has 3 N–H and O–H groups in total. The molecule has 0 saturated carbocycles. The van der Waals surface area contributed by atoms with Crippen molar-refractivity contribution >= 4 is 11.9 Å². The standard InChI is InChI=1S/C10H14N2.C4H6O5/c1-12-7-3-5-10(12)9-4-2-6-11-8-9;5-2(4(8)9)1-3(6)7/h2,4,6,8,10H,3,5,7H2,1H3;2,5H,1H2,(H,6,7)(H,8,9)/t10-;/m1./s1. The van der Waals surface area contributed by atoms with Crippen molar-refractivity contribution in [2.24, 2.45) is 0 Å². The van der Waals surface area contributed by atoms with E-state index in [2.05, 4.69) is 23.0 Å². The van der Waals surface area contributed by atoms with Crippen LogP contribution in [0.25, 0.3) is 0 Å². The second-order valence-corrected chi connectivity index (χ2v) is 4.88. The van der Waals surface area contributed by atoms with E-state index in [9.17, 15) is 9.59 Å². The summed E-state index contributed by atoms with van der Waals surface area (Å²) in [6.07, 6.45) is 3.86. The number of aliphatic carboxylic acids is 2. The molecule has 7 nitrogen and oxygen atoms in total. The van der Waals surface area contributed by atoms with E-state index < -0.39 is 24.5 Å². The zero-order valence-electron chi connectivity index (χ0n) is 11.8. The number of aromatic nitrogens is 1. The summed E-state index contributed by atoms with van der Waals surface area (Å²) in [6.45, 7) is 1.22. The second-order valence-electron chi connectivity index (χ2n) is 4.88. The zero-order chi connectivity index (χ0) is 15.8. The van der Waals surface area contributed by atoms with Gasteiger partial charge in [-0.05, 0) is 38.1 Å². The highest BCUT2D eigenvalue weighted by Crippen LogP contribution is 2.29. The predicted octanol–water partition coefficient (Wildman–Crippen LogP) is 0.755. The number of carboxylic acid groups (broad SMARTS) is 2. The van der Waals surface area contributed by atoms with E-state index in [0.29, 0.717) is 6.04 Å². The SMILES string of the molecule is CN1CCC[C@@H]1c1cccnc1.O=C(O)CC(O)C(=O)O. The molecule has 2 rings (SSSR count). The van der Waals surface area contributed by atoms with Crippen molar-refractivity contribution in [2.75, 3.05) is 13.6 Å². The largest absolute Gasteiger partial charge is 0.481 e. The summed E-state index contributed by atoms with van der Waals surface area (Å²) in [4.78, 5) is 25.9. The Morgan fingerprint density at radius 3 is 2.57 bits per heavy atom. The maximum Gasteiger partial charge on any atom is 0.333 e. The van der Waals surface area contributed by atoms with E-state index in [4.69, 9.17) is 15.3 Å². The number of likely N-dealkylation sites (tertiary alicyclic amines) is 1. The average Bonchev–Trinajstić information content (AvgIpc) is 2.86. The van der Waals surface area contributed by atoms with Gasteiger partial charge in [0.25, 0.3) is 0 Å². The lowest BCUT2D eigenvalue weighted by Crippen LogP contribution is -2.22. The molecule has 1 aromatic heterocycles. The third-order valence-electron chi connectivity index (χ3n) is 3.24. The molecule has 0 aromatic carbocycles. The van der Waals surface area contributed by atoms with Gasteiger partial charge in [-0.2, -0.15) is 0 Å². The van der Waals surface area contributed by atoms with Crippen molar-refractivity contribution in [1.29, 1.82) is 0 Å². The number of carboxylic acids is 2. The summed E-state index contributed by atoms with van der Waals surface area (Å²) in [7, 11) is 2.19. The smallest absolute Gasteiger partial charge is 0.333 e. The highest BCUT2D eigenvalue weighted by atomic mass is 16.4. The summed E-state index contributed by atoms with van der Waals surface area (Å²) in [5.74, 6) is -2.85. The van der Waals surface area contributed by atoms with Crippen LogP contribution in [0.15, 0.2) is 24.5 Å². The van der Waals surface area contributed by atoms with Crippen LogP contribution in [0, 0.1) is 0 Å². The number of carbonyl (C=O) groups is 2. The Morgan fingerprint density at radius 1 is 1.48 bits per heavy atom. The van der Waals surface area contributed by atoms with Crippen LogP contribution in [0.3, 0.4) is 0 Å². The van der Waals surface area contributed by atoms with Gasteiger partial charge in [0.1, 0.15) is 0 Å². The van der Waals surface area contributed by atoms with Crippen LogP contribution in [-0.2, 0) is 9.59 Å². The van der Waals surface area contributed by atoms with Crippen LogP contribution < -0.4 is 0 Å². The van der Waals surface area contributed by atoms with Crippen LogP contribution in [0.4, 0.5) is 0 Å². The van der Waals surface area contributed by atoms with E-state index in [-0.39, 0.29) is 0 Å². The van der Waals surface area contributed by atoms with E-state index in [0.717, 1.165) is 0 Å². The molecule has 116 valence electrons. The fraction of sp³-hybridized carbons (Fsp3) is 0.500. The van der Waals surface area contributed by atoms with Crippen molar-refractivity contribution in [3.8, 4) is 0 Å². The molecule has 1 aromatic rings. The van der Waals surface area contributed by atoms with Gasteiger partial charge in [-0.3, -0.25) is 14.7 Å². The Kier molecular flexibility index (Phi) is 6.77. The van der Waals surface area contributed by atoms with Gasteiger partial charge < -0.3 is 15.3 Å². The molecule has 7 heteroatoms. The highest BCUT2D eigenvalue weighted by Gasteiger charge is 2.22. The molecule has 2 heterocycles. The molecule has 0 spiro atoms. The maximum absolute atomic E-state index is 9.72. The van der Waals surface area contributed by atoms with E-state index in [1.54, 1.807) is 0 Å². The van der Waals surface area contributed by atoms with Crippen molar-refractivity contribution < 1.29 is 24.9 Å². The molecular weight excluding hydrogens is 276 g/mol. The minimum atomic E-state index is -1.79. The van der Waals surface area contributed by atoms with Gasteiger partial charge in [0, 0.05) is 18.4 Å². The lowest BCUT2D eigenvalue weighted by Gasteiger charge is -2.18. The van der Waals surface area contributed by atoms with Crippen LogP contribution in [0.2, 0.25) is 0 Å². The number of hydrogen-bond acceptors (Lipinski definition) is 5. The Labute approximate surface area is 122 Å². The Hall–Kier alpha value is -1.99.